The molecule has 4 nitrogen and oxygen atoms in total. The fraction of sp³-hybridized carbons (Fsp3) is 0. The molecule has 4 heteroatoms. The summed E-state index contributed by atoms with van der Waals surface area (Å²) < 4.78 is 0. The van der Waals surface area contributed by atoms with E-state index in [2.05, 4.69) is 9.97 Å². The molecule has 0 aliphatic heterocycles. The van der Waals surface area contributed by atoms with Crippen LogP contribution in [0.1, 0.15) is 10.4 Å². The first-order valence-corrected chi connectivity index (χ1v) is 5.57. The molecule has 0 atom stereocenters. The fourth-order valence-corrected chi connectivity index (χ4v) is 2.07. The van der Waals surface area contributed by atoms with Gasteiger partial charge in [0.15, 0.2) is 0 Å². The predicted molar refractivity (Wildman–Crippen MR) is 70.0 cm³/mol. The Kier molecular flexibility index (Phi) is 2.34. The van der Waals surface area contributed by atoms with Gasteiger partial charge in [-0.2, -0.15) is 0 Å². The third-order valence-corrected chi connectivity index (χ3v) is 2.94. The number of fused-ring (bicyclic) bond motifs is 1. The molecule has 0 fully saturated rings. The van der Waals surface area contributed by atoms with E-state index in [-0.39, 0.29) is 0 Å². The van der Waals surface area contributed by atoms with Gasteiger partial charge in [0.2, 0.25) is 5.91 Å². The Morgan fingerprint density at radius 2 is 1.94 bits per heavy atom. The topological polar surface area (TPSA) is 71.8 Å². The molecule has 0 spiro atoms. The first-order valence-electron chi connectivity index (χ1n) is 5.57. The number of hydrogen-bond donors (Lipinski definition) is 2. The number of aromatic nitrogens is 2. The van der Waals surface area contributed by atoms with Crippen molar-refractivity contribution in [2.24, 2.45) is 5.73 Å². The van der Waals surface area contributed by atoms with E-state index in [9.17, 15) is 4.79 Å². The van der Waals surface area contributed by atoms with E-state index in [4.69, 9.17) is 5.73 Å². The minimum absolute atomic E-state index is 0.423. The van der Waals surface area contributed by atoms with Gasteiger partial charge in [0.05, 0.1) is 5.52 Å². The Morgan fingerprint density at radius 3 is 2.67 bits per heavy atom. The smallest absolute Gasteiger partial charge is 0.248 e. The Labute approximate surface area is 103 Å². The zero-order valence-electron chi connectivity index (χ0n) is 9.55. The van der Waals surface area contributed by atoms with E-state index in [0.29, 0.717) is 5.56 Å². The maximum atomic E-state index is 11.3. The Hall–Kier alpha value is -2.62. The van der Waals surface area contributed by atoms with Gasteiger partial charge >= 0.3 is 0 Å². The number of primary amides is 1. The molecule has 0 saturated carbocycles. The van der Waals surface area contributed by atoms with Gasteiger partial charge in [-0.05, 0) is 35.9 Å². The molecule has 88 valence electrons. The highest BCUT2D eigenvalue weighted by atomic mass is 16.1. The number of nitrogens with zero attached hydrogens (tertiary/aromatic N) is 1. The molecule has 2 aromatic heterocycles. The van der Waals surface area contributed by atoms with Crippen molar-refractivity contribution in [1.82, 2.24) is 9.97 Å². The van der Waals surface area contributed by atoms with Crippen LogP contribution in [0.15, 0.2) is 48.9 Å². The molecule has 18 heavy (non-hydrogen) atoms. The quantitative estimate of drug-likeness (QED) is 0.718. The number of nitrogens with two attached hydrogens (primary N) is 1. The average Bonchev–Trinajstić information content (AvgIpc) is 2.86. The second-order valence-corrected chi connectivity index (χ2v) is 4.07. The lowest BCUT2D eigenvalue weighted by molar-refractivity contribution is 0.100. The molecule has 3 aromatic rings. The van der Waals surface area contributed by atoms with Crippen molar-refractivity contribution in [1.29, 1.82) is 0 Å². The summed E-state index contributed by atoms with van der Waals surface area (Å²) in [5, 5.41) is 0.970. The number of hydrogen-bond acceptors (Lipinski definition) is 2. The zero-order valence-corrected chi connectivity index (χ0v) is 9.55. The monoisotopic (exact) mass is 237 g/mol. The Balaban J connectivity index is 2.33. The second-order valence-electron chi connectivity index (χ2n) is 4.07. The molecule has 0 bridgehead atoms. The van der Waals surface area contributed by atoms with Crippen molar-refractivity contribution < 1.29 is 4.79 Å². The maximum absolute atomic E-state index is 11.3. The van der Waals surface area contributed by atoms with Gasteiger partial charge < -0.3 is 10.7 Å². The van der Waals surface area contributed by atoms with Crippen molar-refractivity contribution in [2.75, 3.05) is 0 Å². The molecule has 0 aliphatic rings. The molecule has 3 N–H and O–H groups in total. The van der Waals surface area contributed by atoms with Crippen LogP contribution in [0.5, 0.6) is 0 Å². The number of pyridine rings is 1. The minimum Gasteiger partial charge on any atom is -0.366 e. The molecule has 2 heterocycles. The van der Waals surface area contributed by atoms with Crippen LogP contribution in [0.3, 0.4) is 0 Å². The van der Waals surface area contributed by atoms with Gasteiger partial charge in [0.1, 0.15) is 0 Å². The number of carbonyl (C=O) groups excluding carboxylic acids is 1. The molecule has 0 radical (unpaired) electrons. The molecule has 0 aliphatic carbocycles. The van der Waals surface area contributed by atoms with Crippen molar-refractivity contribution in [3.05, 3.63) is 54.5 Å². The van der Waals surface area contributed by atoms with E-state index in [1.165, 1.54) is 0 Å². The second kappa shape index (κ2) is 4.00. The lowest BCUT2D eigenvalue weighted by Gasteiger charge is -2.06. The van der Waals surface area contributed by atoms with Crippen LogP contribution in [0, 0.1) is 0 Å². The lowest BCUT2D eigenvalue weighted by Crippen LogP contribution is -2.10. The summed E-state index contributed by atoms with van der Waals surface area (Å²) in [6.45, 7) is 0. The standard InChI is InChI=1S/C14H11N3O/c15-14(18)11-7-10-3-6-17-13(10)12(8-11)9-1-4-16-5-2-9/h1-8,17H,(H2,15,18). The number of H-pyrrole nitrogens is 1. The summed E-state index contributed by atoms with van der Waals surface area (Å²) in [6, 6.07) is 9.32. The summed E-state index contributed by atoms with van der Waals surface area (Å²) in [5.74, 6) is -0.423. The number of aromatic amines is 1. The normalized spacial score (nSPS) is 10.7. The van der Waals surface area contributed by atoms with Crippen LogP contribution in [0.4, 0.5) is 0 Å². The Bertz CT molecular complexity index is 716. The summed E-state index contributed by atoms with van der Waals surface area (Å²) in [5.41, 5.74) is 8.81. The van der Waals surface area contributed by atoms with E-state index in [1.54, 1.807) is 24.5 Å². The molecule has 0 saturated heterocycles. The SMILES string of the molecule is NC(=O)c1cc(-c2ccncc2)c2[nH]ccc2c1. The van der Waals surface area contributed by atoms with Gasteiger partial charge in [-0.15, -0.1) is 0 Å². The molecule has 1 amide bonds. The van der Waals surface area contributed by atoms with E-state index < -0.39 is 5.91 Å². The third-order valence-electron chi connectivity index (χ3n) is 2.94. The summed E-state index contributed by atoms with van der Waals surface area (Å²) in [6.07, 6.45) is 5.29. The van der Waals surface area contributed by atoms with E-state index >= 15 is 0 Å². The summed E-state index contributed by atoms with van der Waals surface area (Å²) in [4.78, 5) is 18.5. The van der Waals surface area contributed by atoms with Crippen LogP contribution >= 0.6 is 0 Å². The number of carbonyl (C=O) groups is 1. The van der Waals surface area contributed by atoms with Gasteiger partial charge in [-0.25, -0.2) is 0 Å². The van der Waals surface area contributed by atoms with Crippen molar-refractivity contribution in [2.45, 2.75) is 0 Å². The molecular formula is C14H11N3O. The first-order chi connectivity index (χ1) is 8.75. The number of nitrogens with one attached hydrogen (secondary N) is 1. The number of benzene rings is 1. The van der Waals surface area contributed by atoms with Crippen LogP contribution < -0.4 is 5.73 Å². The fourth-order valence-electron chi connectivity index (χ4n) is 2.07. The highest BCUT2D eigenvalue weighted by Crippen LogP contribution is 2.28. The molecule has 1 aromatic carbocycles. The van der Waals surface area contributed by atoms with Gasteiger partial charge in [0, 0.05) is 35.1 Å². The van der Waals surface area contributed by atoms with Gasteiger partial charge in [0.25, 0.3) is 0 Å². The summed E-state index contributed by atoms with van der Waals surface area (Å²) >= 11 is 0. The van der Waals surface area contributed by atoms with Crippen molar-refractivity contribution in [3.8, 4) is 11.1 Å². The van der Waals surface area contributed by atoms with Crippen LogP contribution in [-0.4, -0.2) is 15.9 Å². The Morgan fingerprint density at radius 1 is 1.17 bits per heavy atom. The van der Waals surface area contributed by atoms with Crippen molar-refractivity contribution >= 4 is 16.8 Å². The predicted octanol–water partition coefficient (Wildman–Crippen LogP) is 2.33. The third kappa shape index (κ3) is 1.64. The summed E-state index contributed by atoms with van der Waals surface area (Å²) in [7, 11) is 0. The van der Waals surface area contributed by atoms with Crippen LogP contribution in [-0.2, 0) is 0 Å². The van der Waals surface area contributed by atoms with Crippen LogP contribution in [0.25, 0.3) is 22.0 Å². The highest BCUT2D eigenvalue weighted by molar-refractivity contribution is 6.02. The van der Waals surface area contributed by atoms with E-state index in [1.807, 2.05) is 24.4 Å². The highest BCUT2D eigenvalue weighted by Gasteiger charge is 2.10. The van der Waals surface area contributed by atoms with Crippen molar-refractivity contribution in [3.63, 3.8) is 0 Å². The first kappa shape index (κ1) is 10.5. The van der Waals surface area contributed by atoms with Gasteiger partial charge in [-0.3, -0.25) is 9.78 Å². The number of rotatable bonds is 2. The average molecular weight is 237 g/mol. The van der Waals surface area contributed by atoms with Gasteiger partial charge in [-0.1, -0.05) is 0 Å². The molecular weight excluding hydrogens is 226 g/mol. The molecule has 0 unspecified atom stereocenters. The van der Waals surface area contributed by atoms with E-state index in [0.717, 1.165) is 22.0 Å². The number of amides is 1. The molecule has 3 rings (SSSR count). The minimum atomic E-state index is -0.423. The lowest BCUT2D eigenvalue weighted by atomic mass is 10.0. The van der Waals surface area contributed by atoms with Crippen LogP contribution in [0.2, 0.25) is 0 Å². The maximum Gasteiger partial charge on any atom is 0.248 e. The zero-order chi connectivity index (χ0) is 12.5. The largest absolute Gasteiger partial charge is 0.366 e.